The van der Waals surface area contributed by atoms with E-state index in [4.69, 9.17) is 16.1 Å². The topological polar surface area (TPSA) is 92.9 Å². The van der Waals surface area contributed by atoms with Crippen molar-refractivity contribution in [1.82, 2.24) is 20.4 Å². The van der Waals surface area contributed by atoms with Crippen LogP contribution in [0.1, 0.15) is 38.5 Å². The fourth-order valence-corrected chi connectivity index (χ4v) is 1.95. The molecule has 2 N–H and O–H groups in total. The SMILES string of the molecule is CC(C)Cc1noc([C@@H](C)NC(=O)Nc2cccnc2Cl)n1. The monoisotopic (exact) mass is 323 g/mol. The van der Waals surface area contributed by atoms with E-state index in [2.05, 4.69) is 39.6 Å². The zero-order valence-corrected chi connectivity index (χ0v) is 13.4. The van der Waals surface area contributed by atoms with Gasteiger partial charge < -0.3 is 15.2 Å². The van der Waals surface area contributed by atoms with Crippen LogP contribution in [0.25, 0.3) is 0 Å². The number of carbonyl (C=O) groups is 1. The molecule has 0 fully saturated rings. The van der Waals surface area contributed by atoms with Gasteiger partial charge in [-0.05, 0) is 25.0 Å². The van der Waals surface area contributed by atoms with Crippen LogP contribution in [0.5, 0.6) is 0 Å². The van der Waals surface area contributed by atoms with Crippen molar-refractivity contribution in [3.8, 4) is 0 Å². The molecule has 0 spiro atoms. The number of carbonyl (C=O) groups excluding carboxylic acids is 1. The van der Waals surface area contributed by atoms with E-state index in [-0.39, 0.29) is 5.15 Å². The maximum atomic E-state index is 11.9. The van der Waals surface area contributed by atoms with Crippen molar-refractivity contribution >= 4 is 23.3 Å². The molecule has 2 rings (SSSR count). The molecule has 2 heterocycles. The Morgan fingerprint density at radius 2 is 2.18 bits per heavy atom. The minimum atomic E-state index is -0.425. The molecule has 0 saturated heterocycles. The van der Waals surface area contributed by atoms with Gasteiger partial charge in [0.1, 0.15) is 6.04 Å². The molecule has 0 radical (unpaired) electrons. The lowest BCUT2D eigenvalue weighted by molar-refractivity contribution is 0.245. The Hall–Kier alpha value is -2.15. The fraction of sp³-hybridized carbons (Fsp3) is 0.429. The summed E-state index contributed by atoms with van der Waals surface area (Å²) in [6, 6.07) is 2.50. The number of pyridine rings is 1. The molecule has 2 aromatic rings. The van der Waals surface area contributed by atoms with Crippen LogP contribution in [0, 0.1) is 5.92 Å². The van der Waals surface area contributed by atoms with Gasteiger partial charge in [0.15, 0.2) is 11.0 Å². The van der Waals surface area contributed by atoms with Gasteiger partial charge in [-0.2, -0.15) is 4.98 Å². The first-order valence-corrected chi connectivity index (χ1v) is 7.34. The molecule has 0 bridgehead atoms. The molecule has 8 heteroatoms. The number of halogens is 1. The van der Waals surface area contributed by atoms with E-state index in [0.717, 1.165) is 6.42 Å². The number of aromatic nitrogens is 3. The Kier molecular flexibility index (Phi) is 5.32. The lowest BCUT2D eigenvalue weighted by Gasteiger charge is -2.11. The molecule has 0 unspecified atom stereocenters. The van der Waals surface area contributed by atoms with Gasteiger partial charge in [-0.15, -0.1) is 0 Å². The second kappa shape index (κ2) is 7.22. The quantitative estimate of drug-likeness (QED) is 0.824. The van der Waals surface area contributed by atoms with Crippen LogP contribution in [0.15, 0.2) is 22.9 Å². The maximum absolute atomic E-state index is 11.9. The summed E-state index contributed by atoms with van der Waals surface area (Å²) in [5.74, 6) is 1.43. The van der Waals surface area contributed by atoms with Crippen molar-refractivity contribution in [3.63, 3.8) is 0 Å². The van der Waals surface area contributed by atoms with Crippen LogP contribution in [0.2, 0.25) is 5.15 Å². The third-order valence-corrected chi connectivity index (χ3v) is 3.10. The van der Waals surface area contributed by atoms with Gasteiger partial charge in [-0.25, -0.2) is 9.78 Å². The summed E-state index contributed by atoms with van der Waals surface area (Å²) in [7, 11) is 0. The first-order valence-electron chi connectivity index (χ1n) is 6.96. The molecule has 0 aliphatic carbocycles. The van der Waals surface area contributed by atoms with Crippen molar-refractivity contribution in [2.24, 2.45) is 5.92 Å². The number of urea groups is 1. The summed E-state index contributed by atoms with van der Waals surface area (Å²) >= 11 is 5.88. The molecule has 1 atom stereocenters. The first kappa shape index (κ1) is 16.2. The minimum absolute atomic E-state index is 0.224. The molecule has 0 aliphatic rings. The number of nitrogens with zero attached hydrogens (tertiary/aromatic N) is 3. The molecule has 0 aromatic carbocycles. The van der Waals surface area contributed by atoms with Gasteiger partial charge in [0, 0.05) is 12.6 Å². The number of amides is 2. The number of hydrogen-bond donors (Lipinski definition) is 2. The minimum Gasteiger partial charge on any atom is -0.337 e. The highest BCUT2D eigenvalue weighted by atomic mass is 35.5. The molecule has 2 aromatic heterocycles. The lowest BCUT2D eigenvalue weighted by Crippen LogP contribution is -2.31. The van der Waals surface area contributed by atoms with Gasteiger partial charge in [0.2, 0.25) is 5.89 Å². The van der Waals surface area contributed by atoms with Crippen LogP contribution in [0.4, 0.5) is 10.5 Å². The molecular weight excluding hydrogens is 306 g/mol. The summed E-state index contributed by atoms with van der Waals surface area (Å²) in [6.45, 7) is 5.91. The number of rotatable bonds is 5. The molecular formula is C14H18ClN5O2. The van der Waals surface area contributed by atoms with E-state index in [9.17, 15) is 4.79 Å². The fourth-order valence-electron chi connectivity index (χ4n) is 1.79. The standard InChI is InChI=1S/C14H18ClN5O2/c1-8(2)7-11-19-13(22-20-11)9(3)17-14(21)18-10-5-4-6-16-12(10)15/h4-6,8-9H,7H2,1-3H3,(H2,17,18,21)/t9-/m1/s1. The lowest BCUT2D eigenvalue weighted by atomic mass is 10.1. The average Bonchev–Trinajstić information content (AvgIpc) is 2.89. The Morgan fingerprint density at radius 3 is 2.86 bits per heavy atom. The van der Waals surface area contributed by atoms with E-state index in [1.165, 1.54) is 0 Å². The Labute approximate surface area is 133 Å². The van der Waals surface area contributed by atoms with E-state index in [1.54, 1.807) is 25.3 Å². The Bertz CT molecular complexity index is 644. The van der Waals surface area contributed by atoms with E-state index in [1.807, 2.05) is 0 Å². The van der Waals surface area contributed by atoms with Gasteiger partial charge in [-0.3, -0.25) is 0 Å². The largest absolute Gasteiger partial charge is 0.337 e. The summed E-state index contributed by atoms with van der Waals surface area (Å²) in [5, 5.41) is 9.44. The number of anilines is 1. The number of hydrogen-bond acceptors (Lipinski definition) is 5. The Morgan fingerprint density at radius 1 is 1.41 bits per heavy atom. The first-order chi connectivity index (χ1) is 10.5. The van der Waals surface area contributed by atoms with Crippen LogP contribution < -0.4 is 10.6 Å². The molecule has 2 amide bonds. The van der Waals surface area contributed by atoms with Crippen molar-refractivity contribution < 1.29 is 9.32 Å². The molecule has 0 aliphatic heterocycles. The van der Waals surface area contributed by atoms with E-state index >= 15 is 0 Å². The zero-order chi connectivity index (χ0) is 16.1. The molecule has 118 valence electrons. The van der Waals surface area contributed by atoms with Crippen LogP contribution in [-0.4, -0.2) is 21.2 Å². The number of nitrogens with one attached hydrogen (secondary N) is 2. The van der Waals surface area contributed by atoms with Gasteiger partial charge >= 0.3 is 6.03 Å². The van der Waals surface area contributed by atoms with Crippen molar-refractivity contribution in [2.75, 3.05) is 5.32 Å². The average molecular weight is 324 g/mol. The predicted octanol–water partition coefficient (Wildman–Crippen LogP) is 3.20. The third kappa shape index (κ3) is 4.42. The predicted molar refractivity (Wildman–Crippen MR) is 82.7 cm³/mol. The molecule has 0 saturated carbocycles. The maximum Gasteiger partial charge on any atom is 0.319 e. The van der Waals surface area contributed by atoms with Crippen LogP contribution >= 0.6 is 11.6 Å². The molecule has 22 heavy (non-hydrogen) atoms. The highest BCUT2D eigenvalue weighted by Gasteiger charge is 2.17. The zero-order valence-electron chi connectivity index (χ0n) is 12.6. The normalized spacial score (nSPS) is 12.2. The van der Waals surface area contributed by atoms with Gasteiger partial charge in [-0.1, -0.05) is 30.6 Å². The van der Waals surface area contributed by atoms with Crippen molar-refractivity contribution in [3.05, 3.63) is 35.2 Å². The van der Waals surface area contributed by atoms with Crippen molar-refractivity contribution in [2.45, 2.75) is 33.2 Å². The summed E-state index contributed by atoms with van der Waals surface area (Å²) in [6.07, 6.45) is 2.27. The van der Waals surface area contributed by atoms with Crippen LogP contribution in [0.3, 0.4) is 0 Å². The van der Waals surface area contributed by atoms with Crippen LogP contribution in [-0.2, 0) is 6.42 Å². The van der Waals surface area contributed by atoms with E-state index < -0.39 is 12.1 Å². The second-order valence-electron chi connectivity index (χ2n) is 5.31. The third-order valence-electron chi connectivity index (χ3n) is 2.80. The summed E-state index contributed by atoms with van der Waals surface area (Å²) < 4.78 is 5.16. The smallest absolute Gasteiger partial charge is 0.319 e. The highest BCUT2D eigenvalue weighted by Crippen LogP contribution is 2.18. The highest BCUT2D eigenvalue weighted by molar-refractivity contribution is 6.32. The summed E-state index contributed by atoms with van der Waals surface area (Å²) in [5.41, 5.74) is 0.430. The van der Waals surface area contributed by atoms with Gasteiger partial charge in [0.05, 0.1) is 5.69 Å². The Balaban J connectivity index is 1.93. The summed E-state index contributed by atoms with van der Waals surface area (Å²) in [4.78, 5) is 20.1. The molecule has 7 nitrogen and oxygen atoms in total. The van der Waals surface area contributed by atoms with Crippen molar-refractivity contribution in [1.29, 1.82) is 0 Å². The van der Waals surface area contributed by atoms with E-state index in [0.29, 0.717) is 23.3 Å². The second-order valence-corrected chi connectivity index (χ2v) is 5.67. The van der Waals surface area contributed by atoms with Gasteiger partial charge in [0.25, 0.3) is 0 Å².